The number of nitro groups is 1. The van der Waals surface area contributed by atoms with E-state index in [1.165, 1.54) is 24.3 Å². The second kappa shape index (κ2) is 6.89. The number of amides is 1. The highest BCUT2D eigenvalue weighted by Crippen LogP contribution is 2.18. The van der Waals surface area contributed by atoms with E-state index in [0.29, 0.717) is 17.7 Å². The van der Waals surface area contributed by atoms with Crippen LogP contribution in [0, 0.1) is 10.1 Å². The number of hydrazone groups is 1. The first kappa shape index (κ1) is 15.0. The monoisotopic (exact) mass is 297 g/mol. The Bertz CT molecular complexity index is 711. The molecule has 2 rings (SSSR count). The molecule has 7 nitrogen and oxygen atoms in total. The number of benzene rings is 2. The number of nitrogens with zero attached hydrogens (tertiary/aromatic N) is 3. The summed E-state index contributed by atoms with van der Waals surface area (Å²) in [5, 5.41) is 15.3. The summed E-state index contributed by atoms with van der Waals surface area (Å²) in [5.41, 5.74) is 0.664. The largest absolute Gasteiger partial charge is 0.287 e. The highest BCUT2D eigenvalue weighted by molar-refractivity contribution is 6.35. The lowest BCUT2D eigenvalue weighted by Crippen LogP contribution is -2.15. The average Bonchev–Trinajstić information content (AvgIpc) is 2.56. The van der Waals surface area contributed by atoms with Crippen molar-refractivity contribution >= 4 is 29.8 Å². The van der Waals surface area contributed by atoms with Gasteiger partial charge in [-0.1, -0.05) is 30.3 Å². The van der Waals surface area contributed by atoms with Crippen LogP contribution < -0.4 is 5.01 Å². The predicted molar refractivity (Wildman–Crippen MR) is 80.9 cm³/mol. The first-order valence-electron chi connectivity index (χ1n) is 6.24. The number of ketones is 1. The van der Waals surface area contributed by atoms with E-state index in [2.05, 4.69) is 5.10 Å². The first-order chi connectivity index (χ1) is 10.6. The Morgan fingerprint density at radius 1 is 1.09 bits per heavy atom. The van der Waals surface area contributed by atoms with Crippen LogP contribution in [0.3, 0.4) is 0 Å². The molecular weight excluding hydrogens is 286 g/mol. The molecule has 0 atom stereocenters. The smallest absolute Gasteiger partial charge is 0.269 e. The second-order valence-corrected chi connectivity index (χ2v) is 4.20. The van der Waals surface area contributed by atoms with E-state index in [-0.39, 0.29) is 11.5 Å². The summed E-state index contributed by atoms with van der Waals surface area (Å²) in [5.74, 6) is -0.352. The normalized spacial score (nSPS) is 10.4. The molecule has 0 spiro atoms. The molecule has 0 bridgehead atoms. The molecule has 0 saturated carbocycles. The van der Waals surface area contributed by atoms with E-state index >= 15 is 0 Å². The summed E-state index contributed by atoms with van der Waals surface area (Å²) < 4.78 is 0. The van der Waals surface area contributed by atoms with Crippen molar-refractivity contribution in [1.29, 1.82) is 0 Å². The van der Waals surface area contributed by atoms with Gasteiger partial charge < -0.3 is 0 Å². The zero-order chi connectivity index (χ0) is 15.9. The van der Waals surface area contributed by atoms with Crippen LogP contribution in [0.4, 0.5) is 11.4 Å². The van der Waals surface area contributed by atoms with E-state index in [0.717, 1.165) is 11.2 Å². The van der Waals surface area contributed by atoms with E-state index in [9.17, 15) is 19.7 Å². The van der Waals surface area contributed by atoms with Gasteiger partial charge in [-0.25, -0.2) is 5.01 Å². The standard InChI is InChI=1S/C15H11N3O4/c19-11-17(13-6-8-14(9-7-13)18(21)22)16-10-15(20)12-4-2-1-3-5-12/h1-11H/b16-10+. The van der Waals surface area contributed by atoms with E-state index in [1.807, 2.05) is 0 Å². The van der Waals surface area contributed by atoms with Crippen molar-refractivity contribution in [3.8, 4) is 0 Å². The lowest BCUT2D eigenvalue weighted by atomic mass is 10.1. The fourth-order valence-electron chi connectivity index (χ4n) is 1.67. The maximum Gasteiger partial charge on any atom is 0.269 e. The number of Topliss-reactive ketones (excluding diaryl/α,β-unsaturated/α-hetero) is 1. The quantitative estimate of drug-likeness (QED) is 0.269. The number of carbonyl (C=O) groups is 2. The lowest BCUT2D eigenvalue weighted by Gasteiger charge is -2.09. The van der Waals surface area contributed by atoms with Gasteiger partial charge in [0.1, 0.15) is 0 Å². The van der Waals surface area contributed by atoms with Crippen molar-refractivity contribution in [2.45, 2.75) is 0 Å². The van der Waals surface area contributed by atoms with E-state index in [4.69, 9.17) is 0 Å². The molecule has 0 aliphatic heterocycles. The maximum atomic E-state index is 11.9. The van der Waals surface area contributed by atoms with Gasteiger partial charge in [-0.15, -0.1) is 0 Å². The van der Waals surface area contributed by atoms with Crippen LogP contribution in [0.1, 0.15) is 10.4 Å². The van der Waals surface area contributed by atoms with Crippen LogP contribution in [0.15, 0.2) is 59.7 Å². The van der Waals surface area contributed by atoms with Gasteiger partial charge in [0.2, 0.25) is 12.2 Å². The SMILES string of the molecule is O=CN(/N=C/C(=O)c1ccccc1)c1ccc([N+](=O)[O-])cc1. The van der Waals surface area contributed by atoms with Crippen LogP contribution in [0.25, 0.3) is 0 Å². The van der Waals surface area contributed by atoms with Crippen molar-refractivity contribution < 1.29 is 14.5 Å². The van der Waals surface area contributed by atoms with Gasteiger partial charge in [-0.3, -0.25) is 19.7 Å². The van der Waals surface area contributed by atoms with Crippen LogP contribution in [0.2, 0.25) is 0 Å². The second-order valence-electron chi connectivity index (χ2n) is 4.20. The summed E-state index contributed by atoms with van der Waals surface area (Å²) in [6.45, 7) is 0. The van der Waals surface area contributed by atoms with Crippen LogP contribution in [-0.2, 0) is 4.79 Å². The number of hydrogen-bond acceptors (Lipinski definition) is 5. The Morgan fingerprint density at radius 2 is 1.73 bits per heavy atom. The van der Waals surface area contributed by atoms with Crippen LogP contribution in [-0.4, -0.2) is 23.3 Å². The average molecular weight is 297 g/mol. The fraction of sp³-hybridized carbons (Fsp3) is 0. The number of carbonyl (C=O) groups excluding carboxylic acids is 2. The van der Waals surface area contributed by atoms with Crippen molar-refractivity contribution in [2.24, 2.45) is 5.10 Å². The Morgan fingerprint density at radius 3 is 2.27 bits per heavy atom. The molecule has 0 heterocycles. The van der Waals surface area contributed by atoms with Gasteiger partial charge in [0, 0.05) is 17.7 Å². The number of nitro benzene ring substituents is 1. The predicted octanol–water partition coefficient (Wildman–Crippen LogP) is 2.43. The summed E-state index contributed by atoms with van der Waals surface area (Å²) in [7, 11) is 0. The molecule has 2 aromatic carbocycles. The van der Waals surface area contributed by atoms with Gasteiger partial charge in [0.25, 0.3) is 5.69 Å². The molecule has 7 heteroatoms. The molecule has 110 valence electrons. The van der Waals surface area contributed by atoms with Gasteiger partial charge >= 0.3 is 0 Å². The molecule has 2 aromatic rings. The maximum absolute atomic E-state index is 11.9. The number of rotatable bonds is 6. The molecule has 0 N–H and O–H groups in total. The highest BCUT2D eigenvalue weighted by atomic mass is 16.6. The van der Waals surface area contributed by atoms with Gasteiger partial charge in [0.05, 0.1) is 16.8 Å². The van der Waals surface area contributed by atoms with Crippen molar-refractivity contribution in [3.05, 3.63) is 70.3 Å². The van der Waals surface area contributed by atoms with Crippen molar-refractivity contribution in [3.63, 3.8) is 0 Å². The molecule has 0 fully saturated rings. The summed E-state index contributed by atoms with van der Waals surface area (Å²) in [4.78, 5) is 32.9. The zero-order valence-corrected chi connectivity index (χ0v) is 11.3. The molecule has 22 heavy (non-hydrogen) atoms. The van der Waals surface area contributed by atoms with Gasteiger partial charge in [-0.2, -0.15) is 5.10 Å². The molecule has 0 unspecified atom stereocenters. The van der Waals surface area contributed by atoms with Gasteiger partial charge in [-0.05, 0) is 12.1 Å². The summed E-state index contributed by atoms with van der Waals surface area (Å²) in [6, 6.07) is 13.7. The Labute approximate surface area is 125 Å². The van der Waals surface area contributed by atoms with E-state index < -0.39 is 4.92 Å². The number of hydrogen-bond donors (Lipinski definition) is 0. The molecular formula is C15H11N3O4. The Kier molecular flexibility index (Phi) is 4.71. The molecule has 0 aromatic heterocycles. The van der Waals surface area contributed by atoms with Crippen molar-refractivity contribution in [2.75, 3.05) is 5.01 Å². The molecule has 0 aliphatic rings. The van der Waals surface area contributed by atoms with Crippen LogP contribution >= 0.6 is 0 Å². The number of anilines is 1. The molecule has 0 aliphatic carbocycles. The minimum absolute atomic E-state index is 0.0982. The molecule has 1 amide bonds. The minimum atomic E-state index is -0.544. The Hall–Kier alpha value is -3.35. The summed E-state index contributed by atoms with van der Waals surface area (Å²) >= 11 is 0. The van der Waals surface area contributed by atoms with E-state index in [1.54, 1.807) is 30.3 Å². The Balaban J connectivity index is 2.15. The minimum Gasteiger partial charge on any atom is -0.287 e. The lowest BCUT2D eigenvalue weighted by molar-refractivity contribution is -0.384. The topological polar surface area (TPSA) is 92.9 Å². The fourth-order valence-corrected chi connectivity index (χ4v) is 1.67. The number of non-ortho nitro benzene ring substituents is 1. The van der Waals surface area contributed by atoms with Gasteiger partial charge in [0.15, 0.2) is 0 Å². The molecule has 0 radical (unpaired) electrons. The highest BCUT2D eigenvalue weighted by Gasteiger charge is 2.09. The zero-order valence-electron chi connectivity index (χ0n) is 11.3. The van der Waals surface area contributed by atoms with Crippen LogP contribution in [0.5, 0.6) is 0 Å². The third-order valence-corrected chi connectivity index (χ3v) is 2.78. The van der Waals surface area contributed by atoms with Crippen molar-refractivity contribution in [1.82, 2.24) is 0 Å². The third-order valence-electron chi connectivity index (χ3n) is 2.78. The third kappa shape index (κ3) is 3.60. The first-order valence-corrected chi connectivity index (χ1v) is 6.24. The summed E-state index contributed by atoms with van der Waals surface area (Å²) in [6.07, 6.45) is 1.43. The molecule has 0 saturated heterocycles.